The van der Waals surface area contributed by atoms with Gasteiger partial charge < -0.3 is 15.3 Å². The van der Waals surface area contributed by atoms with Gasteiger partial charge >= 0.3 is 0 Å². The molecule has 1 amide bonds. The minimum atomic E-state index is 0.0621. The average Bonchev–Trinajstić information content (AvgIpc) is 2.29. The summed E-state index contributed by atoms with van der Waals surface area (Å²) in [6.07, 6.45) is 0. The molecule has 0 saturated carbocycles. The number of anilines is 1. The van der Waals surface area contributed by atoms with Crippen LogP contribution in [0.1, 0.15) is 11.1 Å². The highest BCUT2D eigenvalue weighted by Gasteiger charge is 2.16. The van der Waals surface area contributed by atoms with Crippen LogP contribution in [0.5, 0.6) is 0 Å². The van der Waals surface area contributed by atoms with E-state index in [0.717, 1.165) is 23.4 Å². The van der Waals surface area contributed by atoms with Crippen molar-refractivity contribution in [3.63, 3.8) is 0 Å². The predicted molar refractivity (Wildman–Crippen MR) is 62.3 cm³/mol. The van der Waals surface area contributed by atoms with Crippen molar-refractivity contribution in [2.75, 3.05) is 24.5 Å². The fourth-order valence-corrected chi connectivity index (χ4v) is 1.91. The standard InChI is InChI=1S/C12H16N2O2/c1-9-6-11(3-2-10(9)8-15)14-5-4-13-12(16)7-14/h2-3,6,15H,4-5,7-8H2,1H3,(H,13,16). The zero-order chi connectivity index (χ0) is 11.5. The second-order valence-electron chi connectivity index (χ2n) is 4.04. The molecule has 0 aliphatic carbocycles. The van der Waals surface area contributed by atoms with Crippen molar-refractivity contribution in [1.29, 1.82) is 0 Å². The molecule has 0 unspecified atom stereocenters. The Morgan fingerprint density at radius 1 is 1.50 bits per heavy atom. The van der Waals surface area contributed by atoms with Crippen LogP contribution < -0.4 is 10.2 Å². The van der Waals surface area contributed by atoms with Gasteiger partial charge in [-0.3, -0.25) is 4.79 Å². The van der Waals surface area contributed by atoms with E-state index in [4.69, 9.17) is 5.11 Å². The van der Waals surface area contributed by atoms with Crippen molar-refractivity contribution >= 4 is 11.6 Å². The molecule has 0 aromatic heterocycles. The number of carbonyl (C=O) groups is 1. The number of aryl methyl sites for hydroxylation is 1. The van der Waals surface area contributed by atoms with Gasteiger partial charge in [-0.15, -0.1) is 0 Å². The molecule has 0 radical (unpaired) electrons. The van der Waals surface area contributed by atoms with Gasteiger partial charge in [0.05, 0.1) is 13.2 Å². The molecule has 1 heterocycles. The number of piperazine rings is 1. The van der Waals surface area contributed by atoms with Gasteiger partial charge in [0.25, 0.3) is 0 Å². The maximum atomic E-state index is 11.3. The minimum Gasteiger partial charge on any atom is -0.392 e. The summed E-state index contributed by atoms with van der Waals surface area (Å²) in [5.41, 5.74) is 3.04. The summed E-state index contributed by atoms with van der Waals surface area (Å²) in [5, 5.41) is 11.9. The van der Waals surface area contributed by atoms with Gasteiger partial charge in [0.2, 0.25) is 5.91 Å². The van der Waals surface area contributed by atoms with Crippen LogP contribution in [0.4, 0.5) is 5.69 Å². The molecule has 2 N–H and O–H groups in total. The highest BCUT2D eigenvalue weighted by atomic mass is 16.3. The normalized spacial score (nSPS) is 16.1. The van der Waals surface area contributed by atoms with Crippen LogP contribution in [0.2, 0.25) is 0 Å². The van der Waals surface area contributed by atoms with Crippen molar-refractivity contribution in [3.8, 4) is 0 Å². The number of nitrogens with one attached hydrogen (secondary N) is 1. The first-order chi connectivity index (χ1) is 7.70. The molecule has 2 rings (SSSR count). The predicted octanol–water partition coefficient (Wildman–Crippen LogP) is 0.424. The summed E-state index contributed by atoms with van der Waals surface area (Å²) >= 11 is 0. The van der Waals surface area contributed by atoms with Crippen molar-refractivity contribution in [3.05, 3.63) is 29.3 Å². The molecule has 1 fully saturated rings. The molecule has 4 nitrogen and oxygen atoms in total. The first-order valence-electron chi connectivity index (χ1n) is 5.43. The topological polar surface area (TPSA) is 52.6 Å². The number of hydrogen-bond donors (Lipinski definition) is 2. The maximum absolute atomic E-state index is 11.3. The third-order valence-corrected chi connectivity index (χ3v) is 2.90. The summed E-state index contributed by atoms with van der Waals surface area (Å²) in [7, 11) is 0. The van der Waals surface area contributed by atoms with Crippen LogP contribution in [0, 0.1) is 6.92 Å². The fourth-order valence-electron chi connectivity index (χ4n) is 1.91. The van der Waals surface area contributed by atoms with Crippen molar-refractivity contribution in [1.82, 2.24) is 5.32 Å². The Bertz CT molecular complexity index is 404. The summed E-state index contributed by atoms with van der Waals surface area (Å²) in [4.78, 5) is 13.3. The minimum absolute atomic E-state index is 0.0621. The number of carbonyl (C=O) groups excluding carboxylic acids is 1. The van der Waals surface area contributed by atoms with E-state index < -0.39 is 0 Å². The Morgan fingerprint density at radius 3 is 2.94 bits per heavy atom. The van der Waals surface area contributed by atoms with Crippen molar-refractivity contribution < 1.29 is 9.90 Å². The Hall–Kier alpha value is -1.55. The van der Waals surface area contributed by atoms with E-state index in [0.29, 0.717) is 13.1 Å². The number of hydrogen-bond acceptors (Lipinski definition) is 3. The number of amides is 1. The molecule has 16 heavy (non-hydrogen) atoms. The Morgan fingerprint density at radius 2 is 2.31 bits per heavy atom. The smallest absolute Gasteiger partial charge is 0.239 e. The number of aliphatic hydroxyl groups excluding tert-OH is 1. The summed E-state index contributed by atoms with van der Waals surface area (Å²) in [6, 6.07) is 5.89. The van der Waals surface area contributed by atoms with E-state index >= 15 is 0 Å². The quantitative estimate of drug-likeness (QED) is 0.759. The van der Waals surface area contributed by atoms with Gasteiger partial charge in [0.1, 0.15) is 0 Å². The van der Waals surface area contributed by atoms with Crippen molar-refractivity contribution in [2.45, 2.75) is 13.5 Å². The molecule has 1 aliphatic rings. The second-order valence-corrected chi connectivity index (χ2v) is 4.04. The zero-order valence-electron chi connectivity index (χ0n) is 9.36. The van der Waals surface area contributed by atoms with Gasteiger partial charge in [-0.2, -0.15) is 0 Å². The zero-order valence-corrected chi connectivity index (χ0v) is 9.36. The molecule has 0 spiro atoms. The lowest BCUT2D eigenvalue weighted by Crippen LogP contribution is -2.47. The summed E-state index contributed by atoms with van der Waals surface area (Å²) in [5.74, 6) is 0.0649. The van der Waals surface area contributed by atoms with E-state index in [2.05, 4.69) is 5.32 Å². The van der Waals surface area contributed by atoms with Crippen LogP contribution in [0.25, 0.3) is 0 Å². The third-order valence-electron chi connectivity index (χ3n) is 2.90. The monoisotopic (exact) mass is 220 g/mol. The maximum Gasteiger partial charge on any atom is 0.239 e. The molecule has 0 bridgehead atoms. The second kappa shape index (κ2) is 4.53. The SMILES string of the molecule is Cc1cc(N2CCNC(=O)C2)ccc1CO. The lowest BCUT2D eigenvalue weighted by atomic mass is 10.1. The number of rotatable bonds is 2. The Balaban J connectivity index is 2.20. The molecular formula is C12H16N2O2. The first-order valence-corrected chi connectivity index (χ1v) is 5.43. The van der Waals surface area contributed by atoms with E-state index in [1.165, 1.54) is 0 Å². The molecule has 4 heteroatoms. The van der Waals surface area contributed by atoms with Crippen molar-refractivity contribution in [2.24, 2.45) is 0 Å². The molecule has 1 aromatic rings. The van der Waals surface area contributed by atoms with Gasteiger partial charge in [-0.25, -0.2) is 0 Å². The summed E-state index contributed by atoms with van der Waals surface area (Å²) in [6.45, 7) is 3.98. The first kappa shape index (κ1) is 11.0. The fraction of sp³-hybridized carbons (Fsp3) is 0.417. The lowest BCUT2D eigenvalue weighted by Gasteiger charge is -2.29. The van der Waals surface area contributed by atoms with Crippen LogP contribution in [-0.4, -0.2) is 30.6 Å². The van der Waals surface area contributed by atoms with Crippen LogP contribution >= 0.6 is 0 Å². The largest absolute Gasteiger partial charge is 0.392 e. The van der Waals surface area contributed by atoms with Gasteiger partial charge in [0.15, 0.2) is 0 Å². The van der Waals surface area contributed by atoms with Crippen LogP contribution in [0.15, 0.2) is 18.2 Å². The number of benzene rings is 1. The molecule has 86 valence electrons. The number of aliphatic hydroxyl groups is 1. The molecule has 1 saturated heterocycles. The van der Waals surface area contributed by atoms with E-state index in [-0.39, 0.29) is 12.5 Å². The third kappa shape index (κ3) is 2.17. The lowest BCUT2D eigenvalue weighted by molar-refractivity contribution is -0.120. The average molecular weight is 220 g/mol. The Labute approximate surface area is 94.9 Å². The van der Waals surface area contributed by atoms with Crippen LogP contribution in [0.3, 0.4) is 0 Å². The van der Waals surface area contributed by atoms with Gasteiger partial charge in [0, 0.05) is 18.8 Å². The van der Waals surface area contributed by atoms with E-state index in [9.17, 15) is 4.79 Å². The van der Waals surface area contributed by atoms with Gasteiger partial charge in [-0.1, -0.05) is 6.07 Å². The van der Waals surface area contributed by atoms with E-state index in [1.54, 1.807) is 0 Å². The summed E-state index contributed by atoms with van der Waals surface area (Å²) < 4.78 is 0. The Kier molecular flexibility index (Phi) is 3.10. The van der Waals surface area contributed by atoms with Gasteiger partial charge in [-0.05, 0) is 30.2 Å². The number of nitrogens with zero attached hydrogens (tertiary/aromatic N) is 1. The van der Waals surface area contributed by atoms with Crippen LogP contribution in [-0.2, 0) is 11.4 Å². The van der Waals surface area contributed by atoms with E-state index in [1.807, 2.05) is 30.0 Å². The molecular weight excluding hydrogens is 204 g/mol. The molecule has 1 aromatic carbocycles. The molecule has 1 aliphatic heterocycles. The highest BCUT2D eigenvalue weighted by molar-refractivity contribution is 5.82. The highest BCUT2D eigenvalue weighted by Crippen LogP contribution is 2.19. The molecule has 0 atom stereocenters.